The molecule has 2 aromatic carbocycles. The molecule has 146 valence electrons. The fourth-order valence-corrected chi connectivity index (χ4v) is 5.93. The van der Waals surface area contributed by atoms with Crippen molar-refractivity contribution in [3.63, 3.8) is 0 Å². The molecule has 28 heavy (non-hydrogen) atoms. The molecule has 2 unspecified atom stereocenters. The molecule has 3 aliphatic rings. The van der Waals surface area contributed by atoms with Crippen LogP contribution < -0.4 is 0 Å². The van der Waals surface area contributed by atoms with E-state index in [2.05, 4.69) is 53.4 Å². The molecule has 5 rings (SSSR count). The standard InChI is InChI=1S/C25H29NO2/c1-28-24(27)12-18-16-26(17-18)22-10-11-25(15-22)14-21-8-3-2-6-19(21)13-20-7-4-5-9-23(20)25/h2-9,18,22H,10-17H2,1H3. The number of nitrogens with zero attached hydrogens (tertiary/aromatic N) is 1. The number of methoxy groups -OCH3 is 1. The van der Waals surface area contributed by atoms with Gasteiger partial charge >= 0.3 is 5.97 Å². The molecule has 3 nitrogen and oxygen atoms in total. The van der Waals surface area contributed by atoms with Gasteiger partial charge in [-0.05, 0) is 60.3 Å². The van der Waals surface area contributed by atoms with Gasteiger partial charge in [0.25, 0.3) is 0 Å². The molecule has 1 aliphatic heterocycles. The van der Waals surface area contributed by atoms with Crippen molar-refractivity contribution in [3.05, 3.63) is 70.8 Å². The summed E-state index contributed by atoms with van der Waals surface area (Å²) in [6, 6.07) is 18.8. The van der Waals surface area contributed by atoms with Gasteiger partial charge in [0.2, 0.25) is 0 Å². The van der Waals surface area contributed by atoms with Crippen molar-refractivity contribution < 1.29 is 9.53 Å². The summed E-state index contributed by atoms with van der Waals surface area (Å²) in [6.45, 7) is 2.10. The number of carbonyl (C=O) groups is 1. The van der Waals surface area contributed by atoms with Gasteiger partial charge < -0.3 is 4.74 Å². The van der Waals surface area contributed by atoms with Crippen LogP contribution in [0.1, 0.15) is 47.9 Å². The lowest BCUT2D eigenvalue weighted by atomic mass is 9.73. The third kappa shape index (κ3) is 3.06. The summed E-state index contributed by atoms with van der Waals surface area (Å²) in [5.74, 6) is 0.410. The van der Waals surface area contributed by atoms with E-state index in [1.54, 1.807) is 5.56 Å². The van der Waals surface area contributed by atoms with Crippen LogP contribution in [0.5, 0.6) is 0 Å². The van der Waals surface area contributed by atoms with Gasteiger partial charge in [0.05, 0.1) is 13.5 Å². The Morgan fingerprint density at radius 1 is 1.07 bits per heavy atom. The zero-order valence-corrected chi connectivity index (χ0v) is 16.7. The molecule has 1 heterocycles. The summed E-state index contributed by atoms with van der Waals surface area (Å²) < 4.78 is 4.84. The molecule has 0 bridgehead atoms. The minimum Gasteiger partial charge on any atom is -0.469 e. The maximum atomic E-state index is 11.5. The van der Waals surface area contributed by atoms with E-state index in [-0.39, 0.29) is 11.4 Å². The zero-order valence-electron chi connectivity index (χ0n) is 16.7. The third-order valence-corrected chi connectivity index (χ3v) is 7.38. The van der Waals surface area contributed by atoms with E-state index in [9.17, 15) is 4.79 Å². The number of rotatable bonds is 3. The van der Waals surface area contributed by atoms with E-state index in [1.807, 2.05) is 0 Å². The van der Waals surface area contributed by atoms with Gasteiger partial charge in [-0.3, -0.25) is 9.69 Å². The molecule has 0 radical (unpaired) electrons. The topological polar surface area (TPSA) is 29.5 Å². The number of benzene rings is 2. The lowest BCUT2D eigenvalue weighted by Gasteiger charge is -2.43. The van der Waals surface area contributed by atoms with E-state index < -0.39 is 0 Å². The van der Waals surface area contributed by atoms with E-state index in [0.29, 0.717) is 18.4 Å². The van der Waals surface area contributed by atoms with Crippen LogP contribution in [-0.4, -0.2) is 37.1 Å². The van der Waals surface area contributed by atoms with Crippen LogP contribution >= 0.6 is 0 Å². The number of likely N-dealkylation sites (tertiary alicyclic amines) is 1. The Balaban J connectivity index is 1.37. The number of fused-ring (bicyclic) bond motifs is 3. The molecule has 1 spiro atoms. The van der Waals surface area contributed by atoms with Gasteiger partial charge in [-0.1, -0.05) is 48.5 Å². The van der Waals surface area contributed by atoms with Crippen molar-refractivity contribution in [2.75, 3.05) is 20.2 Å². The highest BCUT2D eigenvalue weighted by molar-refractivity contribution is 5.69. The van der Waals surface area contributed by atoms with Gasteiger partial charge in [0.15, 0.2) is 0 Å². The Bertz CT molecular complexity index is 886. The van der Waals surface area contributed by atoms with Crippen LogP contribution in [-0.2, 0) is 27.8 Å². The number of hydrogen-bond donors (Lipinski definition) is 0. The molecule has 0 aromatic heterocycles. The quantitative estimate of drug-likeness (QED) is 0.756. The summed E-state index contributed by atoms with van der Waals surface area (Å²) in [4.78, 5) is 14.1. The Hall–Kier alpha value is -2.13. The Kier molecular flexibility index (Phi) is 4.51. The average molecular weight is 376 g/mol. The van der Waals surface area contributed by atoms with Crippen molar-refractivity contribution in [2.45, 2.75) is 50.0 Å². The highest BCUT2D eigenvalue weighted by atomic mass is 16.5. The van der Waals surface area contributed by atoms with E-state index in [0.717, 1.165) is 25.9 Å². The Morgan fingerprint density at radius 2 is 1.79 bits per heavy atom. The molecule has 3 heteroatoms. The molecular formula is C25H29NO2. The van der Waals surface area contributed by atoms with Crippen LogP contribution in [0.4, 0.5) is 0 Å². The number of ether oxygens (including phenoxy) is 1. The highest BCUT2D eigenvalue weighted by Gasteiger charge is 2.46. The molecule has 1 saturated heterocycles. The van der Waals surface area contributed by atoms with Crippen LogP contribution in [0, 0.1) is 5.92 Å². The van der Waals surface area contributed by atoms with Crippen molar-refractivity contribution >= 4 is 5.97 Å². The van der Waals surface area contributed by atoms with Crippen molar-refractivity contribution in [2.24, 2.45) is 5.92 Å². The highest BCUT2D eigenvalue weighted by Crippen LogP contribution is 2.49. The first-order chi connectivity index (χ1) is 13.7. The minimum absolute atomic E-state index is 0.0677. The monoisotopic (exact) mass is 375 g/mol. The van der Waals surface area contributed by atoms with Crippen molar-refractivity contribution in [3.8, 4) is 0 Å². The molecular weight excluding hydrogens is 346 g/mol. The predicted molar refractivity (Wildman–Crippen MR) is 110 cm³/mol. The van der Waals surface area contributed by atoms with E-state index in [1.165, 1.54) is 43.1 Å². The van der Waals surface area contributed by atoms with Gasteiger partial charge in [-0.15, -0.1) is 0 Å². The van der Waals surface area contributed by atoms with Crippen LogP contribution in [0.3, 0.4) is 0 Å². The summed E-state index contributed by atoms with van der Waals surface area (Å²) >= 11 is 0. The molecule has 2 fully saturated rings. The first-order valence-electron chi connectivity index (χ1n) is 10.6. The summed E-state index contributed by atoms with van der Waals surface area (Å²) in [7, 11) is 1.49. The van der Waals surface area contributed by atoms with Crippen LogP contribution in [0.2, 0.25) is 0 Å². The number of esters is 1. The summed E-state index contributed by atoms with van der Waals surface area (Å²) in [6.07, 6.45) is 6.56. The fourth-order valence-electron chi connectivity index (χ4n) is 5.93. The van der Waals surface area contributed by atoms with Crippen molar-refractivity contribution in [1.82, 2.24) is 4.90 Å². The largest absolute Gasteiger partial charge is 0.469 e. The molecule has 0 amide bonds. The molecule has 2 aromatic rings. The maximum Gasteiger partial charge on any atom is 0.305 e. The summed E-state index contributed by atoms with van der Waals surface area (Å²) in [5, 5.41) is 0. The molecule has 2 atom stereocenters. The van der Waals surface area contributed by atoms with E-state index >= 15 is 0 Å². The maximum absolute atomic E-state index is 11.5. The van der Waals surface area contributed by atoms with Crippen LogP contribution in [0.25, 0.3) is 0 Å². The van der Waals surface area contributed by atoms with Gasteiger partial charge in [0, 0.05) is 24.5 Å². The van der Waals surface area contributed by atoms with Crippen molar-refractivity contribution in [1.29, 1.82) is 0 Å². The normalized spacial score (nSPS) is 27.0. The number of carbonyl (C=O) groups excluding carboxylic acids is 1. The number of hydrogen-bond acceptors (Lipinski definition) is 3. The second kappa shape index (κ2) is 7.04. The minimum atomic E-state index is -0.0677. The lowest BCUT2D eigenvalue weighted by molar-refractivity contribution is -0.143. The predicted octanol–water partition coefficient (Wildman–Crippen LogP) is 4.12. The van der Waals surface area contributed by atoms with Crippen LogP contribution in [0.15, 0.2) is 48.5 Å². The fraction of sp³-hybridized carbons (Fsp3) is 0.480. The molecule has 2 aliphatic carbocycles. The van der Waals surface area contributed by atoms with Gasteiger partial charge in [-0.25, -0.2) is 0 Å². The third-order valence-electron chi connectivity index (χ3n) is 7.38. The lowest BCUT2D eigenvalue weighted by Crippen LogP contribution is -2.52. The second-order valence-electron chi connectivity index (χ2n) is 9.06. The SMILES string of the molecule is COC(=O)CC1CN(C2CCC3(Cc4ccccc4Cc4ccccc43)C2)C1. The average Bonchev–Trinajstić information content (AvgIpc) is 3.04. The van der Waals surface area contributed by atoms with Gasteiger partial charge in [0.1, 0.15) is 0 Å². The zero-order chi connectivity index (χ0) is 19.1. The molecule has 1 saturated carbocycles. The van der Waals surface area contributed by atoms with E-state index in [4.69, 9.17) is 4.74 Å². The van der Waals surface area contributed by atoms with Gasteiger partial charge in [-0.2, -0.15) is 0 Å². The first kappa shape index (κ1) is 17.9. The Morgan fingerprint density at radius 3 is 2.57 bits per heavy atom. The second-order valence-corrected chi connectivity index (χ2v) is 9.06. The molecule has 0 N–H and O–H groups in total. The summed E-state index contributed by atoms with van der Waals surface area (Å²) in [5.41, 5.74) is 6.39. The Labute approximate surface area is 167 Å². The first-order valence-corrected chi connectivity index (χ1v) is 10.6. The smallest absolute Gasteiger partial charge is 0.305 e.